The summed E-state index contributed by atoms with van der Waals surface area (Å²) >= 11 is 0. The molecule has 0 saturated heterocycles. The lowest BCUT2D eigenvalue weighted by Crippen LogP contribution is -3.00. The molecule has 1 unspecified atom stereocenters. The Bertz CT molecular complexity index is 82.3. The highest BCUT2D eigenvalue weighted by Crippen LogP contribution is 1.97. The van der Waals surface area contributed by atoms with Crippen molar-refractivity contribution >= 4 is 0 Å². The average molecular weight is 261 g/mol. The number of rotatable bonds is 3. The number of aliphatic hydroxyl groups excluding tert-OH is 1. The molecule has 0 radical (unpaired) electrons. The molecule has 64 valence electrons. The topological polar surface area (TPSA) is 29.5 Å². The number of hydroxylamine groups is 3. The second-order valence-corrected chi connectivity index (χ2v) is 2.99. The normalized spacial score (nSPS) is 14.1. The van der Waals surface area contributed by atoms with Gasteiger partial charge in [-0.1, -0.05) is 0 Å². The maximum atomic E-state index is 8.56. The van der Waals surface area contributed by atoms with E-state index in [9.17, 15) is 0 Å². The van der Waals surface area contributed by atoms with Gasteiger partial charge < -0.3 is 29.1 Å². The molecule has 0 aliphatic carbocycles. The van der Waals surface area contributed by atoms with Crippen LogP contribution in [0.3, 0.4) is 0 Å². The van der Waals surface area contributed by atoms with Crippen LogP contribution < -0.4 is 24.0 Å². The van der Waals surface area contributed by atoms with E-state index in [1.807, 2.05) is 28.1 Å². The van der Waals surface area contributed by atoms with Crippen LogP contribution in [0.5, 0.6) is 0 Å². The summed E-state index contributed by atoms with van der Waals surface area (Å²) in [5.41, 5.74) is 0. The SMILES string of the molecule is CC(CO)O[N+](C)(C)C.[I-]. The molecule has 0 spiro atoms. The highest BCUT2D eigenvalue weighted by atomic mass is 127. The third-order valence-corrected chi connectivity index (χ3v) is 0.753. The zero-order valence-electron chi connectivity index (χ0n) is 6.97. The van der Waals surface area contributed by atoms with Gasteiger partial charge in [-0.3, -0.25) is 0 Å². The van der Waals surface area contributed by atoms with Crippen LogP contribution in [0.1, 0.15) is 6.92 Å². The molecule has 4 heteroatoms. The molecule has 3 nitrogen and oxygen atoms in total. The van der Waals surface area contributed by atoms with Crippen molar-refractivity contribution in [3.8, 4) is 0 Å². The van der Waals surface area contributed by atoms with Crippen molar-refractivity contribution in [2.45, 2.75) is 13.0 Å². The van der Waals surface area contributed by atoms with Gasteiger partial charge in [-0.2, -0.15) is 9.48 Å². The van der Waals surface area contributed by atoms with Crippen LogP contribution in [0.2, 0.25) is 0 Å². The molecular formula is C6H16INO2. The summed E-state index contributed by atoms with van der Waals surface area (Å²) in [5, 5.41) is 8.56. The van der Waals surface area contributed by atoms with E-state index in [4.69, 9.17) is 9.94 Å². The zero-order valence-corrected chi connectivity index (χ0v) is 9.12. The molecule has 0 bridgehead atoms. The first kappa shape index (κ1) is 13.2. The largest absolute Gasteiger partial charge is 1.00 e. The Balaban J connectivity index is 0. The van der Waals surface area contributed by atoms with Crippen molar-refractivity contribution < 1.29 is 38.6 Å². The molecule has 0 amide bonds. The predicted molar refractivity (Wildman–Crippen MR) is 35.7 cm³/mol. The van der Waals surface area contributed by atoms with Gasteiger partial charge in [-0.25, -0.2) is 0 Å². The van der Waals surface area contributed by atoms with Gasteiger partial charge in [0, 0.05) is 0 Å². The molecule has 0 rings (SSSR count). The van der Waals surface area contributed by atoms with E-state index in [1.165, 1.54) is 0 Å². The summed E-state index contributed by atoms with van der Waals surface area (Å²) < 4.78 is 0.432. The molecule has 0 aromatic carbocycles. The van der Waals surface area contributed by atoms with E-state index in [1.54, 1.807) is 0 Å². The molecule has 0 heterocycles. The Labute approximate surface area is 79.5 Å². The predicted octanol–water partition coefficient (Wildman–Crippen LogP) is -2.99. The highest BCUT2D eigenvalue weighted by Gasteiger charge is 2.12. The molecular weight excluding hydrogens is 245 g/mol. The molecule has 0 aromatic rings. The van der Waals surface area contributed by atoms with Crippen LogP contribution in [0.4, 0.5) is 0 Å². The summed E-state index contributed by atoms with van der Waals surface area (Å²) in [7, 11) is 5.73. The Morgan fingerprint density at radius 1 is 1.40 bits per heavy atom. The maximum absolute atomic E-state index is 8.56. The molecule has 0 fully saturated rings. The van der Waals surface area contributed by atoms with Crippen molar-refractivity contribution in [1.82, 2.24) is 0 Å². The van der Waals surface area contributed by atoms with Crippen LogP contribution in [0.25, 0.3) is 0 Å². The van der Waals surface area contributed by atoms with Gasteiger partial charge in [0.1, 0.15) is 6.10 Å². The summed E-state index contributed by atoms with van der Waals surface area (Å²) in [6.07, 6.45) is -0.0787. The Morgan fingerprint density at radius 2 is 1.80 bits per heavy atom. The molecule has 1 atom stereocenters. The number of hydrogen-bond acceptors (Lipinski definition) is 2. The smallest absolute Gasteiger partial charge is 0.137 e. The van der Waals surface area contributed by atoms with Gasteiger partial charge >= 0.3 is 0 Å². The number of nitrogens with zero attached hydrogens (tertiary/aromatic N) is 1. The Kier molecular flexibility index (Phi) is 6.99. The number of quaternary nitrogens is 1. The first-order valence-corrected chi connectivity index (χ1v) is 3.06. The minimum absolute atomic E-state index is 0. The minimum Gasteiger partial charge on any atom is -1.00 e. The first-order chi connectivity index (χ1) is 3.95. The standard InChI is InChI=1S/C6H16NO2.HI/c1-6(5-8)9-7(2,3)4;/h6,8H,5H2,1-4H3;1H/q+1;/p-1. The Hall–Kier alpha value is 0.610. The van der Waals surface area contributed by atoms with Gasteiger partial charge in [0.2, 0.25) is 0 Å². The van der Waals surface area contributed by atoms with Crippen LogP contribution in [-0.2, 0) is 4.84 Å². The molecule has 0 aromatic heterocycles. The quantitative estimate of drug-likeness (QED) is 0.333. The average Bonchev–Trinajstić information content (AvgIpc) is 1.62. The van der Waals surface area contributed by atoms with Gasteiger partial charge in [0.05, 0.1) is 27.7 Å². The lowest BCUT2D eigenvalue weighted by atomic mass is 10.4. The van der Waals surface area contributed by atoms with Crippen molar-refractivity contribution in [2.24, 2.45) is 0 Å². The molecule has 0 saturated carbocycles. The van der Waals surface area contributed by atoms with Crippen molar-refractivity contribution in [3.05, 3.63) is 0 Å². The van der Waals surface area contributed by atoms with Crippen LogP contribution >= 0.6 is 0 Å². The van der Waals surface area contributed by atoms with Crippen LogP contribution in [0.15, 0.2) is 0 Å². The summed E-state index contributed by atoms with van der Waals surface area (Å²) in [5.74, 6) is 0. The van der Waals surface area contributed by atoms with E-state index in [0.717, 1.165) is 0 Å². The fourth-order valence-electron chi connectivity index (χ4n) is 0.573. The van der Waals surface area contributed by atoms with E-state index < -0.39 is 0 Å². The third kappa shape index (κ3) is 8.61. The fourth-order valence-corrected chi connectivity index (χ4v) is 0.573. The van der Waals surface area contributed by atoms with E-state index in [-0.39, 0.29) is 36.7 Å². The van der Waals surface area contributed by atoms with Crippen molar-refractivity contribution in [1.29, 1.82) is 0 Å². The number of hydrogen-bond donors (Lipinski definition) is 1. The molecule has 10 heavy (non-hydrogen) atoms. The molecule has 1 N–H and O–H groups in total. The molecule has 0 aliphatic rings. The second-order valence-electron chi connectivity index (χ2n) is 2.99. The number of halogens is 1. The lowest BCUT2D eigenvalue weighted by molar-refractivity contribution is -1.07. The highest BCUT2D eigenvalue weighted by molar-refractivity contribution is 4.37. The van der Waals surface area contributed by atoms with E-state index >= 15 is 0 Å². The van der Waals surface area contributed by atoms with Crippen molar-refractivity contribution in [2.75, 3.05) is 27.7 Å². The summed E-state index contributed by atoms with van der Waals surface area (Å²) in [4.78, 5) is 5.27. The van der Waals surface area contributed by atoms with E-state index in [2.05, 4.69) is 0 Å². The fraction of sp³-hybridized carbons (Fsp3) is 1.00. The van der Waals surface area contributed by atoms with Gasteiger partial charge in [-0.05, 0) is 6.92 Å². The first-order valence-electron chi connectivity index (χ1n) is 3.06. The summed E-state index contributed by atoms with van der Waals surface area (Å²) in [6, 6.07) is 0. The number of aliphatic hydroxyl groups is 1. The van der Waals surface area contributed by atoms with Crippen LogP contribution in [0, 0.1) is 0 Å². The third-order valence-electron chi connectivity index (χ3n) is 0.753. The summed E-state index contributed by atoms with van der Waals surface area (Å²) in [6.45, 7) is 1.92. The van der Waals surface area contributed by atoms with Crippen molar-refractivity contribution in [3.63, 3.8) is 0 Å². The van der Waals surface area contributed by atoms with Gasteiger partial charge in [0.25, 0.3) is 0 Å². The van der Waals surface area contributed by atoms with Gasteiger partial charge in [-0.15, -0.1) is 0 Å². The van der Waals surface area contributed by atoms with Crippen LogP contribution in [-0.4, -0.2) is 43.6 Å². The second kappa shape index (κ2) is 5.29. The van der Waals surface area contributed by atoms with Gasteiger partial charge in [0.15, 0.2) is 0 Å². The molecule has 0 aliphatic heterocycles. The Morgan fingerprint density at radius 3 is 1.90 bits per heavy atom. The lowest BCUT2D eigenvalue weighted by Gasteiger charge is -2.24. The zero-order chi connectivity index (χ0) is 7.49. The maximum Gasteiger partial charge on any atom is 0.137 e. The van der Waals surface area contributed by atoms with E-state index in [0.29, 0.717) is 4.65 Å². The monoisotopic (exact) mass is 261 g/mol. The minimum atomic E-state index is -0.0787.